The largest absolute Gasteiger partial charge is 0.479 e. The highest BCUT2D eigenvalue weighted by molar-refractivity contribution is 5.81. The zero-order valence-electron chi connectivity index (χ0n) is 11.6. The molecular formula is C15H16O5. The fourth-order valence-electron chi connectivity index (χ4n) is 1.99. The average Bonchev–Trinajstić information content (AvgIpc) is 2.44. The van der Waals surface area contributed by atoms with Crippen LogP contribution in [0.4, 0.5) is 0 Å². The lowest BCUT2D eigenvalue weighted by atomic mass is 10.1. The van der Waals surface area contributed by atoms with Crippen molar-refractivity contribution in [3.63, 3.8) is 0 Å². The third kappa shape index (κ3) is 2.82. The summed E-state index contributed by atoms with van der Waals surface area (Å²) in [4.78, 5) is 22.8. The van der Waals surface area contributed by atoms with E-state index in [0.29, 0.717) is 11.3 Å². The summed E-state index contributed by atoms with van der Waals surface area (Å²) in [5, 5.41) is 0.866. The maximum atomic E-state index is 11.5. The van der Waals surface area contributed by atoms with Crippen LogP contribution in [0.2, 0.25) is 0 Å². The molecular weight excluding hydrogens is 260 g/mol. The molecule has 1 aromatic carbocycles. The molecule has 1 aromatic heterocycles. The van der Waals surface area contributed by atoms with Gasteiger partial charge in [0, 0.05) is 17.5 Å². The molecule has 0 amide bonds. The third-order valence-corrected chi connectivity index (χ3v) is 3.03. The molecule has 0 saturated heterocycles. The smallest absolute Gasteiger partial charge is 0.346 e. The zero-order valence-corrected chi connectivity index (χ0v) is 11.6. The van der Waals surface area contributed by atoms with Gasteiger partial charge in [-0.2, -0.15) is 0 Å². The van der Waals surface area contributed by atoms with Crippen LogP contribution in [0.1, 0.15) is 19.4 Å². The first-order valence-electron chi connectivity index (χ1n) is 6.36. The van der Waals surface area contributed by atoms with Crippen LogP contribution in [0.3, 0.4) is 0 Å². The Morgan fingerprint density at radius 1 is 1.35 bits per heavy atom. The second-order valence-corrected chi connectivity index (χ2v) is 4.39. The van der Waals surface area contributed by atoms with Gasteiger partial charge in [0.15, 0.2) is 6.10 Å². The normalized spacial score (nSPS) is 12.2. The highest BCUT2D eigenvalue weighted by Gasteiger charge is 2.15. The van der Waals surface area contributed by atoms with Crippen LogP contribution < -0.4 is 10.4 Å². The summed E-state index contributed by atoms with van der Waals surface area (Å²) < 4.78 is 15.2. The number of fused-ring (bicyclic) bond motifs is 1. The Balaban J connectivity index is 2.39. The van der Waals surface area contributed by atoms with Crippen LogP contribution in [0.15, 0.2) is 33.5 Å². The summed E-state index contributed by atoms with van der Waals surface area (Å²) in [6.45, 7) is 3.56. The zero-order chi connectivity index (χ0) is 14.7. The highest BCUT2D eigenvalue weighted by atomic mass is 16.6. The minimum absolute atomic E-state index is 0.396. The van der Waals surface area contributed by atoms with Crippen LogP contribution >= 0.6 is 0 Å². The SMILES string of the molecule is CCc1cc(=O)oc2cc(O[C@@H](C)C(=O)OC)ccc12. The number of benzene rings is 1. The fourth-order valence-corrected chi connectivity index (χ4v) is 1.99. The first-order chi connectivity index (χ1) is 9.55. The third-order valence-electron chi connectivity index (χ3n) is 3.03. The second-order valence-electron chi connectivity index (χ2n) is 4.39. The van der Waals surface area contributed by atoms with Gasteiger partial charge in [0.05, 0.1) is 7.11 Å². The van der Waals surface area contributed by atoms with Gasteiger partial charge in [-0.3, -0.25) is 0 Å². The van der Waals surface area contributed by atoms with Gasteiger partial charge in [0.1, 0.15) is 11.3 Å². The molecule has 2 aromatic rings. The molecule has 1 atom stereocenters. The number of carbonyl (C=O) groups is 1. The summed E-state index contributed by atoms with van der Waals surface area (Å²) in [5.74, 6) is -0.0133. The molecule has 2 rings (SSSR count). The van der Waals surface area contributed by atoms with E-state index in [-0.39, 0.29) is 0 Å². The number of rotatable bonds is 4. The maximum Gasteiger partial charge on any atom is 0.346 e. The van der Waals surface area contributed by atoms with Gasteiger partial charge in [-0.25, -0.2) is 9.59 Å². The lowest BCUT2D eigenvalue weighted by Gasteiger charge is -2.12. The molecule has 0 radical (unpaired) electrons. The van der Waals surface area contributed by atoms with E-state index in [1.54, 1.807) is 19.1 Å². The Hall–Kier alpha value is -2.30. The lowest BCUT2D eigenvalue weighted by Crippen LogP contribution is -2.24. The second kappa shape index (κ2) is 5.77. The molecule has 1 heterocycles. The molecule has 5 heteroatoms. The van der Waals surface area contributed by atoms with Gasteiger partial charge >= 0.3 is 11.6 Å². The number of hydrogen-bond acceptors (Lipinski definition) is 5. The van der Waals surface area contributed by atoms with Crippen LogP contribution in [-0.2, 0) is 16.0 Å². The van der Waals surface area contributed by atoms with Crippen LogP contribution in [0.5, 0.6) is 5.75 Å². The minimum Gasteiger partial charge on any atom is -0.479 e. The fraction of sp³-hybridized carbons (Fsp3) is 0.333. The highest BCUT2D eigenvalue weighted by Crippen LogP contribution is 2.23. The standard InChI is InChI=1S/C15H16O5/c1-4-10-7-14(16)20-13-8-11(5-6-12(10)13)19-9(2)15(17)18-3/h5-9H,4H2,1-3H3/t9-/m0/s1. The van der Waals surface area contributed by atoms with Gasteiger partial charge in [-0.05, 0) is 31.0 Å². The Morgan fingerprint density at radius 3 is 2.75 bits per heavy atom. The molecule has 0 fully saturated rings. The average molecular weight is 276 g/mol. The first kappa shape index (κ1) is 14.1. The predicted octanol–water partition coefficient (Wildman–Crippen LogP) is 2.30. The quantitative estimate of drug-likeness (QED) is 0.633. The Morgan fingerprint density at radius 2 is 2.10 bits per heavy atom. The van der Waals surface area contributed by atoms with Crippen LogP contribution in [0.25, 0.3) is 11.0 Å². The monoisotopic (exact) mass is 276 g/mol. The van der Waals surface area contributed by atoms with Gasteiger partial charge in [0.25, 0.3) is 0 Å². The van der Waals surface area contributed by atoms with Crippen molar-refractivity contribution >= 4 is 16.9 Å². The summed E-state index contributed by atoms with van der Waals surface area (Å²) in [6, 6.07) is 6.65. The molecule has 5 nitrogen and oxygen atoms in total. The summed E-state index contributed by atoms with van der Waals surface area (Å²) in [7, 11) is 1.30. The Bertz CT molecular complexity index is 686. The van der Waals surface area contributed by atoms with E-state index in [2.05, 4.69) is 4.74 Å². The number of ether oxygens (including phenoxy) is 2. The number of carbonyl (C=O) groups excluding carboxylic acids is 1. The summed E-state index contributed by atoms with van der Waals surface area (Å²) >= 11 is 0. The van der Waals surface area contributed by atoms with Gasteiger partial charge in [-0.15, -0.1) is 0 Å². The maximum absolute atomic E-state index is 11.5. The molecule has 106 valence electrons. The number of hydrogen-bond donors (Lipinski definition) is 0. The van der Waals surface area contributed by atoms with Crippen molar-refractivity contribution in [1.29, 1.82) is 0 Å². The van der Waals surface area contributed by atoms with Crippen LogP contribution in [-0.4, -0.2) is 19.2 Å². The lowest BCUT2D eigenvalue weighted by molar-refractivity contribution is -0.147. The number of esters is 1. The van der Waals surface area contributed by atoms with Gasteiger partial charge in [0.2, 0.25) is 0 Å². The molecule has 0 unspecified atom stereocenters. The van der Waals surface area contributed by atoms with Crippen molar-refractivity contribution < 1.29 is 18.7 Å². The van der Waals surface area contributed by atoms with E-state index < -0.39 is 17.7 Å². The van der Waals surface area contributed by atoms with E-state index in [9.17, 15) is 9.59 Å². The molecule has 0 spiro atoms. The molecule has 0 bridgehead atoms. The van der Waals surface area contributed by atoms with Gasteiger partial charge in [-0.1, -0.05) is 6.92 Å². The topological polar surface area (TPSA) is 65.7 Å². The van der Waals surface area contributed by atoms with E-state index in [0.717, 1.165) is 17.4 Å². The summed E-state index contributed by atoms with van der Waals surface area (Å²) in [5.41, 5.74) is 0.972. The van der Waals surface area contributed by atoms with Crippen LogP contribution in [0, 0.1) is 0 Å². The van der Waals surface area contributed by atoms with E-state index in [1.807, 2.05) is 13.0 Å². The predicted molar refractivity (Wildman–Crippen MR) is 74.0 cm³/mol. The Kier molecular flexibility index (Phi) is 4.08. The van der Waals surface area contributed by atoms with Crippen molar-refractivity contribution in [3.05, 3.63) is 40.2 Å². The van der Waals surface area contributed by atoms with Crippen molar-refractivity contribution in [3.8, 4) is 5.75 Å². The van der Waals surface area contributed by atoms with E-state index in [4.69, 9.17) is 9.15 Å². The first-order valence-corrected chi connectivity index (χ1v) is 6.36. The molecule has 20 heavy (non-hydrogen) atoms. The molecule has 0 aliphatic rings. The van der Waals surface area contributed by atoms with E-state index >= 15 is 0 Å². The van der Waals surface area contributed by atoms with Crippen molar-refractivity contribution in [2.75, 3.05) is 7.11 Å². The van der Waals surface area contributed by atoms with E-state index in [1.165, 1.54) is 13.2 Å². The molecule has 0 saturated carbocycles. The minimum atomic E-state index is -0.724. The van der Waals surface area contributed by atoms with Crippen molar-refractivity contribution in [2.45, 2.75) is 26.4 Å². The molecule has 0 N–H and O–H groups in total. The summed E-state index contributed by atoms with van der Waals surface area (Å²) in [6.07, 6.45) is 0.0134. The number of methoxy groups -OCH3 is 1. The molecule has 0 aliphatic carbocycles. The van der Waals surface area contributed by atoms with Gasteiger partial charge < -0.3 is 13.9 Å². The number of aryl methyl sites for hydroxylation is 1. The Labute approximate surface area is 116 Å². The molecule has 0 aliphatic heterocycles. The van der Waals surface area contributed by atoms with Crippen molar-refractivity contribution in [2.24, 2.45) is 0 Å². The van der Waals surface area contributed by atoms with Crippen molar-refractivity contribution in [1.82, 2.24) is 0 Å².